The van der Waals surface area contributed by atoms with E-state index in [9.17, 15) is 9.18 Å². The van der Waals surface area contributed by atoms with Crippen LogP contribution in [-0.4, -0.2) is 35.2 Å². The minimum atomic E-state index is -0.372. The third kappa shape index (κ3) is 3.41. The van der Waals surface area contributed by atoms with Crippen LogP contribution in [0.4, 0.5) is 10.2 Å². The number of aryl methyl sites for hydroxylation is 1. The number of anilines is 1. The molecular weight excluding hydrogens is 405 g/mol. The molecule has 1 aliphatic rings. The maximum absolute atomic E-state index is 13.9. The Labute approximate surface area is 178 Å². The van der Waals surface area contributed by atoms with E-state index < -0.39 is 0 Å². The van der Waals surface area contributed by atoms with Gasteiger partial charge < -0.3 is 14.8 Å². The zero-order chi connectivity index (χ0) is 21.4. The Bertz CT molecular complexity index is 1120. The van der Waals surface area contributed by atoms with Gasteiger partial charge in [-0.1, -0.05) is 18.2 Å². The second-order valence-electron chi connectivity index (χ2n) is 6.97. The highest BCUT2D eigenvalue weighted by atomic mass is 32.2. The van der Waals surface area contributed by atoms with Crippen LogP contribution in [0, 0.1) is 12.7 Å². The lowest BCUT2D eigenvalue weighted by atomic mass is 10.0. The number of fused-ring (bicyclic) bond motifs is 1. The normalized spacial score (nSPS) is 18.4. The van der Waals surface area contributed by atoms with Gasteiger partial charge in [0.05, 0.1) is 36.1 Å². The van der Waals surface area contributed by atoms with E-state index in [0.717, 1.165) is 16.8 Å². The Balaban J connectivity index is 1.95. The minimum absolute atomic E-state index is 0.136. The lowest BCUT2D eigenvalue weighted by Crippen LogP contribution is -2.22. The van der Waals surface area contributed by atoms with E-state index >= 15 is 0 Å². The maximum Gasteiger partial charge on any atom is 0.238 e. The Kier molecular flexibility index (Phi) is 5.42. The van der Waals surface area contributed by atoms with Gasteiger partial charge in [0.15, 0.2) is 11.5 Å². The minimum Gasteiger partial charge on any atom is -0.493 e. The van der Waals surface area contributed by atoms with Crippen LogP contribution in [0.15, 0.2) is 42.5 Å². The average Bonchev–Trinajstić information content (AvgIpc) is 2.99. The zero-order valence-electron chi connectivity index (χ0n) is 17.1. The number of benzene rings is 2. The van der Waals surface area contributed by atoms with E-state index in [2.05, 4.69) is 10.4 Å². The SMILES string of the molecule is COc1cccc(C2SC(C)C(=O)Nc3c2c(C)nn3-c2cccc(F)c2)c1OC. The Morgan fingerprint density at radius 1 is 1.17 bits per heavy atom. The number of para-hydroxylation sites is 1. The van der Waals surface area contributed by atoms with Gasteiger partial charge in [-0.3, -0.25) is 4.79 Å². The molecule has 2 atom stereocenters. The number of carbonyl (C=O) groups is 1. The molecule has 1 aromatic heterocycles. The van der Waals surface area contributed by atoms with E-state index in [1.54, 1.807) is 31.0 Å². The molecule has 0 saturated heterocycles. The summed E-state index contributed by atoms with van der Waals surface area (Å²) in [5, 5.41) is 7.06. The number of ether oxygens (including phenoxy) is 2. The fourth-order valence-electron chi connectivity index (χ4n) is 3.67. The molecule has 0 saturated carbocycles. The van der Waals surface area contributed by atoms with Crippen molar-refractivity contribution in [1.82, 2.24) is 9.78 Å². The quantitative estimate of drug-likeness (QED) is 0.664. The fourth-order valence-corrected chi connectivity index (χ4v) is 5.01. The molecule has 0 aliphatic carbocycles. The molecule has 2 heterocycles. The molecule has 156 valence electrons. The van der Waals surface area contributed by atoms with Gasteiger partial charge in [0.2, 0.25) is 5.91 Å². The predicted octanol–water partition coefficient (Wildman–Crippen LogP) is 4.50. The van der Waals surface area contributed by atoms with Crippen molar-refractivity contribution in [3.63, 3.8) is 0 Å². The summed E-state index contributed by atoms with van der Waals surface area (Å²) in [6, 6.07) is 11.8. The van der Waals surface area contributed by atoms with E-state index in [4.69, 9.17) is 9.47 Å². The molecule has 1 amide bonds. The molecule has 4 rings (SSSR count). The molecule has 1 aliphatic heterocycles. The van der Waals surface area contributed by atoms with Crippen molar-refractivity contribution in [2.45, 2.75) is 24.3 Å². The number of methoxy groups -OCH3 is 2. The standard InChI is InChI=1S/C22H22FN3O3S/c1-12-18-20(16-9-6-10-17(28-3)19(16)29-4)30-13(2)22(27)24-21(18)26(25-12)15-8-5-7-14(23)11-15/h5-11,13,20H,1-4H3,(H,24,27). The molecule has 0 spiro atoms. The van der Waals surface area contributed by atoms with Crippen LogP contribution in [0.25, 0.3) is 5.69 Å². The third-order valence-corrected chi connectivity index (χ3v) is 6.47. The summed E-state index contributed by atoms with van der Waals surface area (Å²) in [4.78, 5) is 12.8. The number of amides is 1. The zero-order valence-corrected chi connectivity index (χ0v) is 17.9. The molecule has 2 unspecified atom stereocenters. The van der Waals surface area contributed by atoms with Gasteiger partial charge in [0.25, 0.3) is 0 Å². The molecular formula is C22H22FN3O3S. The van der Waals surface area contributed by atoms with Crippen molar-refractivity contribution in [2.75, 3.05) is 19.5 Å². The van der Waals surface area contributed by atoms with Gasteiger partial charge in [-0.05, 0) is 38.1 Å². The molecule has 6 nitrogen and oxygen atoms in total. The largest absolute Gasteiger partial charge is 0.493 e. The molecule has 2 aromatic carbocycles. The van der Waals surface area contributed by atoms with Crippen LogP contribution < -0.4 is 14.8 Å². The first-order chi connectivity index (χ1) is 14.4. The van der Waals surface area contributed by atoms with Crippen molar-refractivity contribution >= 4 is 23.5 Å². The number of rotatable bonds is 4. The fraction of sp³-hybridized carbons (Fsp3) is 0.273. The number of nitrogens with zero attached hydrogens (tertiary/aromatic N) is 2. The molecule has 8 heteroatoms. The summed E-state index contributed by atoms with van der Waals surface area (Å²) in [6.07, 6.45) is 0. The monoisotopic (exact) mass is 427 g/mol. The van der Waals surface area contributed by atoms with Gasteiger partial charge in [-0.2, -0.15) is 5.10 Å². The Hall–Kier alpha value is -3.00. The lowest BCUT2D eigenvalue weighted by molar-refractivity contribution is -0.115. The number of aromatic nitrogens is 2. The summed E-state index contributed by atoms with van der Waals surface area (Å²) >= 11 is 1.51. The number of hydrogen-bond donors (Lipinski definition) is 1. The number of thioether (sulfide) groups is 1. The van der Waals surface area contributed by atoms with Gasteiger partial charge in [0, 0.05) is 11.1 Å². The highest BCUT2D eigenvalue weighted by molar-refractivity contribution is 8.01. The second kappa shape index (κ2) is 8.02. The van der Waals surface area contributed by atoms with E-state index in [1.807, 2.05) is 32.0 Å². The van der Waals surface area contributed by atoms with Crippen molar-refractivity contribution in [3.8, 4) is 17.2 Å². The average molecular weight is 428 g/mol. The predicted molar refractivity (Wildman–Crippen MR) is 115 cm³/mol. The van der Waals surface area contributed by atoms with Crippen LogP contribution in [0.5, 0.6) is 11.5 Å². The molecule has 0 fully saturated rings. The summed E-state index contributed by atoms with van der Waals surface area (Å²) < 4.78 is 26.6. The molecule has 0 radical (unpaired) electrons. The van der Waals surface area contributed by atoms with E-state index in [1.165, 1.54) is 23.9 Å². The maximum atomic E-state index is 13.9. The van der Waals surface area contributed by atoms with E-state index in [-0.39, 0.29) is 22.2 Å². The number of halogens is 1. The number of nitrogens with one attached hydrogen (secondary N) is 1. The Morgan fingerprint density at radius 2 is 1.93 bits per heavy atom. The highest BCUT2D eigenvalue weighted by Crippen LogP contribution is 2.50. The van der Waals surface area contributed by atoms with Crippen LogP contribution in [0.1, 0.15) is 29.0 Å². The van der Waals surface area contributed by atoms with Crippen LogP contribution >= 0.6 is 11.8 Å². The molecule has 30 heavy (non-hydrogen) atoms. The van der Waals surface area contributed by atoms with Gasteiger partial charge in [0.1, 0.15) is 11.6 Å². The van der Waals surface area contributed by atoms with Crippen molar-refractivity contribution in [1.29, 1.82) is 0 Å². The first kappa shape index (κ1) is 20.3. The first-order valence-electron chi connectivity index (χ1n) is 9.47. The second-order valence-corrected chi connectivity index (χ2v) is 8.42. The van der Waals surface area contributed by atoms with Crippen molar-refractivity contribution in [3.05, 3.63) is 65.1 Å². The summed E-state index contributed by atoms with van der Waals surface area (Å²) in [7, 11) is 3.19. The summed E-state index contributed by atoms with van der Waals surface area (Å²) in [5.74, 6) is 1.26. The Morgan fingerprint density at radius 3 is 2.63 bits per heavy atom. The van der Waals surface area contributed by atoms with Crippen LogP contribution in [-0.2, 0) is 4.79 Å². The van der Waals surface area contributed by atoms with Crippen LogP contribution in [0.3, 0.4) is 0 Å². The lowest BCUT2D eigenvalue weighted by Gasteiger charge is -2.21. The number of hydrogen-bond acceptors (Lipinski definition) is 5. The summed E-state index contributed by atoms with van der Waals surface area (Å²) in [5.41, 5.74) is 3.02. The summed E-state index contributed by atoms with van der Waals surface area (Å²) in [6.45, 7) is 3.75. The van der Waals surface area contributed by atoms with Gasteiger partial charge in [-0.15, -0.1) is 11.8 Å². The van der Waals surface area contributed by atoms with Crippen LogP contribution in [0.2, 0.25) is 0 Å². The molecule has 1 N–H and O–H groups in total. The topological polar surface area (TPSA) is 65.4 Å². The first-order valence-corrected chi connectivity index (χ1v) is 10.4. The van der Waals surface area contributed by atoms with E-state index in [0.29, 0.717) is 23.0 Å². The molecule has 0 bridgehead atoms. The van der Waals surface area contributed by atoms with Crippen molar-refractivity contribution < 1.29 is 18.7 Å². The highest BCUT2D eigenvalue weighted by Gasteiger charge is 2.36. The van der Waals surface area contributed by atoms with Gasteiger partial charge >= 0.3 is 0 Å². The van der Waals surface area contributed by atoms with Crippen molar-refractivity contribution in [2.24, 2.45) is 0 Å². The van der Waals surface area contributed by atoms with Gasteiger partial charge in [-0.25, -0.2) is 9.07 Å². The third-order valence-electron chi connectivity index (χ3n) is 5.09. The number of carbonyl (C=O) groups excluding carboxylic acids is 1. The smallest absolute Gasteiger partial charge is 0.238 e. The molecule has 3 aromatic rings.